The number of hydrogen-bond donors (Lipinski definition) is 1. The van der Waals surface area contributed by atoms with Crippen LogP contribution in [-0.2, 0) is 0 Å². The average Bonchev–Trinajstić information content (AvgIpc) is 3.03. The van der Waals surface area contributed by atoms with Crippen molar-refractivity contribution in [2.24, 2.45) is 5.92 Å². The van der Waals surface area contributed by atoms with Crippen molar-refractivity contribution >= 4 is 11.6 Å². The van der Waals surface area contributed by atoms with Crippen LogP contribution < -0.4 is 10.2 Å². The van der Waals surface area contributed by atoms with E-state index in [1.54, 1.807) is 0 Å². The highest BCUT2D eigenvalue weighted by atomic mass is 16.1. The number of nitrogens with one attached hydrogen (secondary N) is 1. The molecule has 1 N–H and O–H groups in total. The number of amides is 1. The van der Waals surface area contributed by atoms with Crippen LogP contribution in [0.3, 0.4) is 0 Å². The summed E-state index contributed by atoms with van der Waals surface area (Å²) in [6.07, 6.45) is 1.13. The van der Waals surface area contributed by atoms with E-state index in [-0.39, 0.29) is 5.91 Å². The van der Waals surface area contributed by atoms with E-state index in [0.717, 1.165) is 37.2 Å². The van der Waals surface area contributed by atoms with Crippen LogP contribution in [0.5, 0.6) is 0 Å². The van der Waals surface area contributed by atoms with Crippen molar-refractivity contribution in [3.05, 3.63) is 65.7 Å². The fourth-order valence-electron chi connectivity index (χ4n) is 3.03. The van der Waals surface area contributed by atoms with Crippen LogP contribution in [0.25, 0.3) is 0 Å². The molecule has 0 unspecified atom stereocenters. The van der Waals surface area contributed by atoms with Crippen molar-refractivity contribution in [3.8, 4) is 0 Å². The molecule has 2 aromatic rings. The number of carbonyl (C=O) groups is 1. The Labute approximate surface area is 132 Å². The maximum absolute atomic E-state index is 12.2. The Bertz CT molecular complexity index is 639. The number of carbonyl (C=O) groups excluding carboxylic acids is 1. The second kappa shape index (κ2) is 6.65. The van der Waals surface area contributed by atoms with Crippen LogP contribution in [0, 0.1) is 12.8 Å². The van der Waals surface area contributed by atoms with Crippen molar-refractivity contribution in [2.75, 3.05) is 24.5 Å². The van der Waals surface area contributed by atoms with Crippen molar-refractivity contribution in [1.29, 1.82) is 0 Å². The van der Waals surface area contributed by atoms with Gasteiger partial charge in [-0.2, -0.15) is 0 Å². The molecule has 22 heavy (non-hydrogen) atoms. The highest BCUT2D eigenvalue weighted by molar-refractivity contribution is 5.95. The lowest BCUT2D eigenvalue weighted by Gasteiger charge is -2.18. The van der Waals surface area contributed by atoms with E-state index in [0.29, 0.717) is 5.92 Å². The minimum absolute atomic E-state index is 0.0382. The number of hydrogen-bond acceptors (Lipinski definition) is 2. The Hall–Kier alpha value is -2.29. The van der Waals surface area contributed by atoms with Crippen molar-refractivity contribution in [1.82, 2.24) is 5.32 Å². The first-order chi connectivity index (χ1) is 10.7. The van der Waals surface area contributed by atoms with Crippen LogP contribution >= 0.6 is 0 Å². The number of benzene rings is 2. The molecule has 0 aliphatic carbocycles. The molecular formula is C19H22N2O. The minimum atomic E-state index is 0.0382. The van der Waals surface area contributed by atoms with Gasteiger partial charge in [-0.25, -0.2) is 0 Å². The van der Waals surface area contributed by atoms with Gasteiger partial charge in [-0.1, -0.05) is 36.4 Å². The topological polar surface area (TPSA) is 32.3 Å². The molecule has 0 saturated carbocycles. The molecule has 0 radical (unpaired) electrons. The van der Waals surface area contributed by atoms with E-state index < -0.39 is 0 Å². The molecule has 1 saturated heterocycles. The second-order valence-corrected chi connectivity index (χ2v) is 5.96. The van der Waals surface area contributed by atoms with Crippen LogP contribution in [0.15, 0.2) is 54.6 Å². The number of anilines is 1. The Morgan fingerprint density at radius 3 is 2.64 bits per heavy atom. The Kier molecular flexibility index (Phi) is 4.42. The van der Waals surface area contributed by atoms with Gasteiger partial charge in [0, 0.05) is 30.9 Å². The number of aryl methyl sites for hydroxylation is 1. The molecule has 3 rings (SSSR count). The molecule has 0 spiro atoms. The van der Waals surface area contributed by atoms with Gasteiger partial charge in [-0.3, -0.25) is 4.79 Å². The monoisotopic (exact) mass is 294 g/mol. The molecule has 0 aromatic heterocycles. The normalized spacial score (nSPS) is 17.5. The van der Waals surface area contributed by atoms with E-state index in [1.807, 2.05) is 37.3 Å². The van der Waals surface area contributed by atoms with Crippen LogP contribution in [0.4, 0.5) is 5.69 Å². The smallest absolute Gasteiger partial charge is 0.251 e. The lowest BCUT2D eigenvalue weighted by atomic mass is 10.1. The summed E-state index contributed by atoms with van der Waals surface area (Å²) in [7, 11) is 0. The summed E-state index contributed by atoms with van der Waals surface area (Å²) in [5.41, 5.74) is 3.08. The summed E-state index contributed by atoms with van der Waals surface area (Å²) in [5, 5.41) is 3.09. The molecule has 0 bridgehead atoms. The van der Waals surface area contributed by atoms with E-state index in [9.17, 15) is 4.79 Å². The summed E-state index contributed by atoms with van der Waals surface area (Å²) in [6, 6.07) is 18.2. The molecule has 114 valence electrons. The number of rotatable bonds is 4. The Morgan fingerprint density at radius 1 is 1.14 bits per heavy atom. The van der Waals surface area contributed by atoms with Gasteiger partial charge in [0.25, 0.3) is 5.91 Å². The zero-order valence-electron chi connectivity index (χ0n) is 13.0. The van der Waals surface area contributed by atoms with Gasteiger partial charge in [0.15, 0.2) is 0 Å². The maximum Gasteiger partial charge on any atom is 0.251 e. The molecule has 1 heterocycles. The van der Waals surface area contributed by atoms with Crippen LogP contribution in [0.2, 0.25) is 0 Å². The number of para-hydroxylation sites is 1. The lowest BCUT2D eigenvalue weighted by molar-refractivity contribution is 0.0947. The molecular weight excluding hydrogens is 272 g/mol. The van der Waals surface area contributed by atoms with E-state index >= 15 is 0 Å². The largest absolute Gasteiger partial charge is 0.371 e. The third-order valence-electron chi connectivity index (χ3n) is 4.35. The summed E-state index contributed by atoms with van der Waals surface area (Å²) in [5.74, 6) is 0.560. The first-order valence-electron chi connectivity index (χ1n) is 7.88. The fourth-order valence-corrected chi connectivity index (χ4v) is 3.03. The van der Waals surface area contributed by atoms with E-state index in [1.165, 1.54) is 5.69 Å². The zero-order chi connectivity index (χ0) is 15.4. The Morgan fingerprint density at radius 2 is 1.86 bits per heavy atom. The van der Waals surface area contributed by atoms with Crippen LogP contribution in [0.1, 0.15) is 22.3 Å². The summed E-state index contributed by atoms with van der Waals surface area (Å²) in [6.45, 7) is 4.80. The average molecular weight is 294 g/mol. The summed E-state index contributed by atoms with van der Waals surface area (Å²) >= 11 is 0. The highest BCUT2D eigenvalue weighted by Gasteiger charge is 2.23. The lowest BCUT2D eigenvalue weighted by Crippen LogP contribution is -2.31. The van der Waals surface area contributed by atoms with E-state index in [2.05, 4.69) is 34.5 Å². The van der Waals surface area contributed by atoms with Gasteiger partial charge in [0.2, 0.25) is 0 Å². The standard InChI is InChI=1S/C19H22N2O/c1-15-7-5-6-10-18(15)19(22)20-13-16-11-12-21(14-16)17-8-3-2-4-9-17/h2-10,16H,11-14H2,1H3,(H,20,22)/t16-/m0/s1. The van der Waals surface area contributed by atoms with Gasteiger partial charge < -0.3 is 10.2 Å². The molecule has 2 aromatic carbocycles. The molecule has 1 amide bonds. The summed E-state index contributed by atoms with van der Waals surface area (Å²) in [4.78, 5) is 14.6. The number of nitrogens with zero attached hydrogens (tertiary/aromatic N) is 1. The predicted molar refractivity (Wildman–Crippen MR) is 90.3 cm³/mol. The molecule has 3 heteroatoms. The van der Waals surface area contributed by atoms with Gasteiger partial charge in [-0.15, -0.1) is 0 Å². The van der Waals surface area contributed by atoms with Gasteiger partial charge in [0.1, 0.15) is 0 Å². The predicted octanol–water partition coefficient (Wildman–Crippen LogP) is 3.25. The molecule has 1 aliphatic rings. The zero-order valence-corrected chi connectivity index (χ0v) is 13.0. The fraction of sp³-hybridized carbons (Fsp3) is 0.316. The van der Waals surface area contributed by atoms with Crippen molar-refractivity contribution in [3.63, 3.8) is 0 Å². The first-order valence-corrected chi connectivity index (χ1v) is 7.88. The molecule has 3 nitrogen and oxygen atoms in total. The van der Waals surface area contributed by atoms with Crippen molar-refractivity contribution in [2.45, 2.75) is 13.3 Å². The first kappa shape index (κ1) is 14.6. The summed E-state index contributed by atoms with van der Waals surface area (Å²) < 4.78 is 0. The second-order valence-electron chi connectivity index (χ2n) is 5.96. The van der Waals surface area contributed by atoms with Gasteiger partial charge >= 0.3 is 0 Å². The molecule has 1 fully saturated rings. The van der Waals surface area contributed by atoms with Crippen molar-refractivity contribution < 1.29 is 4.79 Å². The third-order valence-corrected chi connectivity index (χ3v) is 4.35. The van der Waals surface area contributed by atoms with Gasteiger partial charge in [-0.05, 0) is 43.0 Å². The van der Waals surface area contributed by atoms with Gasteiger partial charge in [0.05, 0.1) is 0 Å². The quantitative estimate of drug-likeness (QED) is 0.939. The molecule has 1 aliphatic heterocycles. The molecule has 1 atom stereocenters. The maximum atomic E-state index is 12.2. The SMILES string of the molecule is Cc1ccccc1C(=O)NC[C@@H]1CCN(c2ccccc2)C1. The van der Waals surface area contributed by atoms with E-state index in [4.69, 9.17) is 0 Å². The Balaban J connectivity index is 1.53. The van der Waals surface area contributed by atoms with Crippen LogP contribution in [-0.4, -0.2) is 25.5 Å². The third kappa shape index (κ3) is 3.30. The highest BCUT2D eigenvalue weighted by Crippen LogP contribution is 2.23. The minimum Gasteiger partial charge on any atom is -0.371 e.